The van der Waals surface area contributed by atoms with Gasteiger partial charge in [-0.3, -0.25) is 28.2 Å². The summed E-state index contributed by atoms with van der Waals surface area (Å²) < 4.78 is 134. The SMILES string of the molecule is O=S(=O)(O)c1cccc(N=c2nc(Cl)[nH]c(=Nc3ccc(N=C(O)Nc4ccc(N=c5[nH]c(Cl)nc(=Nc6cccc(S(=O)(=O)O)c6)[nH]5)c(S(=O)(=O)O)c4)cc3S(=O)(=O)O)[nH]2)c1. The van der Waals surface area contributed by atoms with Crippen molar-refractivity contribution >= 4 is 104 Å². The lowest BCUT2D eigenvalue weighted by Crippen LogP contribution is -2.26. The highest BCUT2D eigenvalue weighted by Gasteiger charge is 2.19. The van der Waals surface area contributed by atoms with Crippen molar-refractivity contribution in [2.24, 2.45) is 25.0 Å². The molecule has 0 saturated carbocycles. The quantitative estimate of drug-likeness (QED) is 0.0536. The monoisotopic (exact) mass is 970 g/mol. The summed E-state index contributed by atoms with van der Waals surface area (Å²) in [6.45, 7) is 0. The van der Waals surface area contributed by atoms with E-state index in [4.69, 9.17) is 23.2 Å². The highest BCUT2D eigenvalue weighted by molar-refractivity contribution is 7.86. The largest absolute Gasteiger partial charge is 0.480 e. The van der Waals surface area contributed by atoms with Gasteiger partial charge in [0.15, 0.2) is 0 Å². The number of aliphatic hydroxyl groups excluding tert-OH is 1. The number of nitrogens with zero attached hydrogens (tertiary/aromatic N) is 7. The number of hydrogen-bond donors (Lipinski definition) is 10. The van der Waals surface area contributed by atoms with Crippen LogP contribution in [-0.2, 0) is 40.5 Å². The van der Waals surface area contributed by atoms with E-state index in [1.54, 1.807) is 0 Å². The van der Waals surface area contributed by atoms with Gasteiger partial charge in [-0.15, -0.1) is 0 Å². The molecule has 0 amide bonds. The van der Waals surface area contributed by atoms with E-state index in [0.29, 0.717) is 0 Å². The summed E-state index contributed by atoms with van der Waals surface area (Å²) in [7, 11) is -19.2. The van der Waals surface area contributed by atoms with Crippen LogP contribution in [0.15, 0.2) is 129 Å². The molecule has 4 aromatic carbocycles. The molecule has 0 unspecified atom stereocenters. The Bertz CT molecular complexity index is 3570. The lowest BCUT2D eigenvalue weighted by molar-refractivity contribution is 0.481. The molecule has 0 aliphatic heterocycles. The molecule has 0 aliphatic rings. The van der Waals surface area contributed by atoms with Crippen LogP contribution in [0.5, 0.6) is 0 Å². The Labute approximate surface area is 356 Å². The Morgan fingerprint density at radius 3 is 1.44 bits per heavy atom. The van der Waals surface area contributed by atoms with Gasteiger partial charge in [-0.05, 0) is 96.0 Å². The lowest BCUT2D eigenvalue weighted by atomic mass is 10.3. The van der Waals surface area contributed by atoms with Crippen molar-refractivity contribution < 1.29 is 57.0 Å². The normalized spacial score (nSPS) is 14.1. The second-order valence-electron chi connectivity index (χ2n) is 11.9. The second-order valence-corrected chi connectivity index (χ2v) is 18.2. The minimum atomic E-state index is -5.04. The number of aromatic amines is 4. The maximum Gasteiger partial charge on any atom is 0.296 e. The molecule has 2 aromatic heterocycles. The van der Waals surface area contributed by atoms with Crippen LogP contribution in [-0.4, -0.2) is 92.9 Å². The van der Waals surface area contributed by atoms with E-state index in [0.717, 1.165) is 54.6 Å². The van der Waals surface area contributed by atoms with Crippen LogP contribution in [0.3, 0.4) is 0 Å². The van der Waals surface area contributed by atoms with Gasteiger partial charge in [0.1, 0.15) is 9.79 Å². The Morgan fingerprint density at radius 2 is 0.984 bits per heavy atom. The summed E-state index contributed by atoms with van der Waals surface area (Å²) in [6.07, 6.45) is 0. The van der Waals surface area contributed by atoms with Crippen LogP contribution in [0.1, 0.15) is 0 Å². The number of anilines is 1. The van der Waals surface area contributed by atoms with Crippen LogP contribution >= 0.6 is 23.2 Å². The number of halogens is 2. The fraction of sp³-hybridized carbons (Fsp3) is 0. The number of benzene rings is 4. The van der Waals surface area contributed by atoms with Gasteiger partial charge >= 0.3 is 0 Å². The summed E-state index contributed by atoms with van der Waals surface area (Å²) >= 11 is 12.1. The van der Waals surface area contributed by atoms with Crippen LogP contribution in [0.2, 0.25) is 10.6 Å². The zero-order valence-corrected chi connectivity index (χ0v) is 34.9. The molecule has 0 radical (unpaired) electrons. The van der Waals surface area contributed by atoms with Crippen molar-refractivity contribution in [1.82, 2.24) is 29.9 Å². The van der Waals surface area contributed by atoms with Crippen molar-refractivity contribution in [1.29, 1.82) is 0 Å². The number of aliphatic hydroxyl groups is 1. The summed E-state index contributed by atoms with van der Waals surface area (Å²) in [5.74, 6) is 0. The van der Waals surface area contributed by atoms with Gasteiger partial charge in [-0.2, -0.15) is 48.6 Å². The fourth-order valence-corrected chi connectivity index (χ4v) is 7.62. The lowest BCUT2D eigenvalue weighted by Gasteiger charge is -2.09. The third-order valence-corrected chi connectivity index (χ3v) is 11.3. The van der Waals surface area contributed by atoms with Crippen molar-refractivity contribution in [3.8, 4) is 0 Å². The molecule has 0 saturated heterocycles. The molecule has 2 heterocycles. The van der Waals surface area contributed by atoms with Crippen LogP contribution < -0.4 is 27.8 Å². The number of hydrogen-bond acceptors (Lipinski definition) is 15. The maximum absolute atomic E-state index is 12.4. The van der Waals surface area contributed by atoms with Gasteiger partial charge in [0, 0.05) is 5.69 Å². The van der Waals surface area contributed by atoms with Crippen molar-refractivity contribution in [2.75, 3.05) is 5.32 Å². The average molecular weight is 972 g/mol. The van der Waals surface area contributed by atoms with Gasteiger partial charge in [0.25, 0.3) is 46.5 Å². The Hall–Kier alpha value is -6.41. The molecular formula is C31H24Cl2N12O13S4. The van der Waals surface area contributed by atoms with Crippen LogP contribution in [0.25, 0.3) is 0 Å². The minimum Gasteiger partial charge on any atom is -0.480 e. The highest BCUT2D eigenvalue weighted by Crippen LogP contribution is 2.30. The van der Waals surface area contributed by atoms with E-state index in [2.05, 4.69) is 60.2 Å². The molecular weight excluding hydrogens is 948 g/mol. The zero-order valence-electron chi connectivity index (χ0n) is 30.1. The third-order valence-electron chi connectivity index (χ3n) is 7.43. The number of H-pyrrole nitrogens is 4. The van der Waals surface area contributed by atoms with E-state index in [9.17, 15) is 57.0 Å². The molecule has 6 aromatic rings. The first kappa shape index (κ1) is 45.1. The number of rotatable bonds is 10. The zero-order chi connectivity index (χ0) is 45.2. The molecule has 0 bridgehead atoms. The fourth-order valence-electron chi connectivity index (χ4n) is 4.94. The van der Waals surface area contributed by atoms with Gasteiger partial charge in [-0.25, -0.2) is 20.0 Å². The third kappa shape index (κ3) is 11.9. The summed E-state index contributed by atoms with van der Waals surface area (Å²) in [5, 5.41) is 12.3. The molecule has 0 spiro atoms. The Kier molecular flexibility index (Phi) is 12.8. The van der Waals surface area contributed by atoms with Gasteiger partial charge < -0.3 is 20.4 Å². The first-order valence-corrected chi connectivity index (χ1v) is 22.7. The topological polar surface area (TPSA) is 400 Å². The smallest absolute Gasteiger partial charge is 0.296 e. The van der Waals surface area contributed by atoms with Crippen LogP contribution in [0.4, 0.5) is 34.1 Å². The molecule has 6 rings (SSSR count). The standard InChI is InChI=1S/C31H24Cl2N12O13S4/c32-25-40-27(34-15-3-1-5-19(11-15)59(47,48)49)44-29(42-25)38-21-9-7-17(13-23(21)61(53,54)55)36-31(46)37-18-8-10-22(24(14-18)62(56,57)58)39-30-43-26(33)41-28(45-30)35-16-4-2-6-20(12-16)60(50,51)52/h1-14H,(H2,36,37,46)(H,47,48,49)(H,50,51,52)(H,53,54,55)(H,56,57,58)(H2,34,38,40,42,44)(H2,35,39,41,43,45). The number of amidine groups is 1. The Morgan fingerprint density at radius 1 is 0.532 bits per heavy atom. The number of nitrogens with one attached hydrogen (secondary N) is 5. The minimum absolute atomic E-state index is 0.00794. The molecule has 25 nitrogen and oxygen atoms in total. The van der Waals surface area contributed by atoms with E-state index in [1.807, 2.05) is 0 Å². The van der Waals surface area contributed by atoms with E-state index >= 15 is 0 Å². The summed E-state index contributed by atoms with van der Waals surface area (Å²) in [6, 6.07) is 14.8. The molecule has 0 aliphatic carbocycles. The van der Waals surface area contributed by atoms with Gasteiger partial charge in [0.05, 0.1) is 38.2 Å². The van der Waals surface area contributed by atoms with Crippen molar-refractivity contribution in [3.63, 3.8) is 0 Å². The highest BCUT2D eigenvalue weighted by atomic mass is 35.5. The summed E-state index contributed by atoms with van der Waals surface area (Å²) in [5.41, 5.74) is -2.30. The van der Waals surface area contributed by atoms with Crippen molar-refractivity contribution in [3.05, 3.63) is 118 Å². The first-order chi connectivity index (χ1) is 28.9. The predicted molar refractivity (Wildman–Crippen MR) is 215 cm³/mol. The van der Waals surface area contributed by atoms with Gasteiger partial charge in [-0.1, -0.05) is 12.1 Å². The van der Waals surface area contributed by atoms with Crippen molar-refractivity contribution in [2.45, 2.75) is 19.6 Å². The first-order valence-electron chi connectivity index (χ1n) is 16.2. The van der Waals surface area contributed by atoms with E-state index in [1.165, 1.54) is 30.3 Å². The molecule has 324 valence electrons. The summed E-state index contributed by atoms with van der Waals surface area (Å²) in [4.78, 5) is 35.6. The van der Waals surface area contributed by atoms with Crippen LogP contribution in [0, 0.1) is 0 Å². The number of aromatic nitrogens is 6. The molecule has 0 atom stereocenters. The second kappa shape index (κ2) is 17.5. The predicted octanol–water partition coefficient (Wildman–Crippen LogP) is 2.67. The molecule has 0 fully saturated rings. The average Bonchev–Trinajstić information content (AvgIpc) is 3.14. The number of aliphatic imine (C=N–C) groups is 1. The van der Waals surface area contributed by atoms with E-state index in [-0.39, 0.29) is 55.8 Å². The maximum atomic E-state index is 12.4. The molecule has 10 N–H and O–H groups in total. The van der Waals surface area contributed by atoms with E-state index < -0.39 is 77.5 Å². The molecule has 31 heteroatoms. The van der Waals surface area contributed by atoms with Gasteiger partial charge in [0.2, 0.25) is 33.0 Å². The molecule has 62 heavy (non-hydrogen) atoms. The Balaban J connectivity index is 1.31.